The Hall–Kier alpha value is -3.00. The maximum absolute atomic E-state index is 12.9. The van der Waals surface area contributed by atoms with Gasteiger partial charge in [-0.2, -0.15) is 0 Å². The summed E-state index contributed by atoms with van der Waals surface area (Å²) in [6.07, 6.45) is 1.21. The van der Waals surface area contributed by atoms with Gasteiger partial charge < -0.3 is 5.32 Å². The van der Waals surface area contributed by atoms with Gasteiger partial charge in [0.25, 0.3) is 5.56 Å². The highest BCUT2D eigenvalue weighted by Gasteiger charge is 2.11. The number of rotatable bonds is 3. The van der Waals surface area contributed by atoms with Crippen molar-refractivity contribution in [2.45, 2.75) is 6.92 Å². The molecule has 0 saturated carbocycles. The number of hydrogen-bond donors (Lipinski definition) is 2. The minimum atomic E-state index is -0.660. The van der Waals surface area contributed by atoms with Gasteiger partial charge in [0.05, 0.1) is 11.3 Å². The molecule has 26 heavy (non-hydrogen) atoms. The van der Waals surface area contributed by atoms with Crippen molar-refractivity contribution in [3.8, 4) is 5.69 Å². The van der Waals surface area contributed by atoms with E-state index >= 15 is 0 Å². The maximum atomic E-state index is 12.9. The largest absolute Gasteiger partial charge is 0.345 e. The van der Waals surface area contributed by atoms with Gasteiger partial charge >= 0.3 is 6.03 Å². The molecule has 0 aliphatic rings. The van der Waals surface area contributed by atoms with E-state index in [0.717, 1.165) is 4.47 Å². The second-order valence-corrected chi connectivity index (χ2v) is 6.38. The Kier molecular flexibility index (Phi) is 5.13. The molecule has 0 fully saturated rings. The predicted octanol–water partition coefficient (Wildman–Crippen LogP) is 4.03. The van der Waals surface area contributed by atoms with Crippen LogP contribution in [-0.2, 0) is 0 Å². The third-order valence-corrected chi connectivity index (χ3v) is 4.14. The van der Waals surface area contributed by atoms with Crippen molar-refractivity contribution in [2.75, 3.05) is 5.32 Å². The molecular formula is C18H14BrFN4O2. The van der Waals surface area contributed by atoms with Gasteiger partial charge in [-0.15, -0.1) is 0 Å². The molecule has 3 rings (SSSR count). The van der Waals surface area contributed by atoms with Gasteiger partial charge in [0, 0.05) is 22.1 Å². The quantitative estimate of drug-likeness (QED) is 0.632. The van der Waals surface area contributed by atoms with Crippen LogP contribution in [-0.4, -0.2) is 22.0 Å². The molecule has 0 spiro atoms. The Labute approximate surface area is 156 Å². The van der Waals surface area contributed by atoms with Crippen LogP contribution in [0.25, 0.3) is 5.69 Å². The lowest BCUT2D eigenvalue weighted by Crippen LogP contribution is -2.17. The molecule has 0 bridgehead atoms. The van der Waals surface area contributed by atoms with Crippen molar-refractivity contribution in [1.29, 1.82) is 0 Å². The van der Waals surface area contributed by atoms with E-state index in [-0.39, 0.29) is 11.1 Å². The number of benzene rings is 2. The number of nitrogens with one attached hydrogen (secondary N) is 2. The van der Waals surface area contributed by atoms with E-state index < -0.39 is 11.8 Å². The van der Waals surface area contributed by atoms with E-state index in [9.17, 15) is 14.0 Å². The Morgan fingerprint density at radius 2 is 1.85 bits per heavy atom. The fraction of sp³-hybridized carbons (Fsp3) is 0.0556. The normalized spacial score (nSPS) is 11.0. The molecule has 1 aromatic heterocycles. The number of aliphatic imine (C=N–C) groups is 1. The van der Waals surface area contributed by atoms with Gasteiger partial charge in [0.1, 0.15) is 5.82 Å². The molecule has 132 valence electrons. The second kappa shape index (κ2) is 7.49. The third kappa shape index (κ3) is 3.97. The second-order valence-electron chi connectivity index (χ2n) is 5.46. The molecular weight excluding hydrogens is 403 g/mol. The molecule has 1 heterocycles. The van der Waals surface area contributed by atoms with Crippen molar-refractivity contribution in [1.82, 2.24) is 9.78 Å². The van der Waals surface area contributed by atoms with E-state index in [2.05, 4.69) is 31.3 Å². The number of nitrogens with zero attached hydrogens (tertiary/aromatic N) is 2. The number of aryl methyl sites for hydroxylation is 1. The van der Waals surface area contributed by atoms with Crippen LogP contribution in [0.15, 0.2) is 62.8 Å². The first kappa shape index (κ1) is 17.8. The molecule has 2 amide bonds. The van der Waals surface area contributed by atoms with Crippen LogP contribution in [0.4, 0.5) is 14.9 Å². The lowest BCUT2D eigenvalue weighted by atomic mass is 10.3. The van der Waals surface area contributed by atoms with Crippen molar-refractivity contribution in [3.63, 3.8) is 0 Å². The number of amides is 2. The zero-order chi connectivity index (χ0) is 18.7. The van der Waals surface area contributed by atoms with Gasteiger partial charge in [0.15, 0.2) is 0 Å². The summed E-state index contributed by atoms with van der Waals surface area (Å²) in [7, 11) is 0. The molecule has 3 aromatic rings. The van der Waals surface area contributed by atoms with Crippen LogP contribution >= 0.6 is 15.9 Å². The molecule has 0 radical (unpaired) electrons. The lowest BCUT2D eigenvalue weighted by Gasteiger charge is -2.00. The standard InChI is InChI=1S/C18H14BrFN4O2/c1-11-16(10-21-18(26)22-14-6-4-13(20)5-7-14)17(25)24(23-11)15-8-2-12(19)3-9-15/h2-10,23H,1H3,(H,22,26). The Bertz CT molecular complexity index is 1020. The first-order chi connectivity index (χ1) is 12.4. The predicted molar refractivity (Wildman–Crippen MR) is 102 cm³/mol. The van der Waals surface area contributed by atoms with Gasteiger partial charge in [-0.1, -0.05) is 15.9 Å². The SMILES string of the molecule is Cc1[nH]n(-c2ccc(Br)cc2)c(=O)c1C=NC(=O)Nc1ccc(F)cc1. The van der Waals surface area contributed by atoms with Crippen LogP contribution in [0.3, 0.4) is 0 Å². The van der Waals surface area contributed by atoms with Gasteiger partial charge in [-0.25, -0.2) is 18.9 Å². The van der Waals surface area contributed by atoms with E-state index in [0.29, 0.717) is 17.1 Å². The first-order valence-corrected chi connectivity index (χ1v) is 8.41. The smallest absolute Gasteiger partial charge is 0.306 e. The van der Waals surface area contributed by atoms with E-state index in [1.165, 1.54) is 35.2 Å². The fourth-order valence-corrected chi connectivity index (χ4v) is 2.56. The summed E-state index contributed by atoms with van der Waals surface area (Å²) in [4.78, 5) is 28.2. The number of H-pyrrole nitrogens is 1. The number of carbonyl (C=O) groups excluding carboxylic acids is 1. The summed E-state index contributed by atoms with van der Waals surface area (Å²) in [5.41, 5.74) is 1.62. The molecule has 2 N–H and O–H groups in total. The van der Waals surface area contributed by atoms with Gasteiger partial charge in [-0.3, -0.25) is 9.89 Å². The number of carbonyl (C=O) groups is 1. The summed E-state index contributed by atoms with van der Waals surface area (Å²) in [6, 6.07) is 11.8. The Morgan fingerprint density at radius 3 is 2.50 bits per heavy atom. The fourth-order valence-electron chi connectivity index (χ4n) is 2.30. The average Bonchev–Trinajstić information content (AvgIpc) is 2.90. The molecule has 0 aliphatic carbocycles. The van der Waals surface area contributed by atoms with Crippen molar-refractivity contribution >= 4 is 33.9 Å². The average molecular weight is 417 g/mol. The van der Waals surface area contributed by atoms with Crippen LogP contribution in [0.2, 0.25) is 0 Å². The van der Waals surface area contributed by atoms with Crippen LogP contribution in [0.1, 0.15) is 11.3 Å². The van der Waals surface area contributed by atoms with Gasteiger partial charge in [0.2, 0.25) is 0 Å². The summed E-state index contributed by atoms with van der Waals surface area (Å²) in [5.74, 6) is -0.400. The summed E-state index contributed by atoms with van der Waals surface area (Å²) >= 11 is 3.34. The lowest BCUT2D eigenvalue weighted by molar-refractivity contribution is 0.259. The topological polar surface area (TPSA) is 79.2 Å². The van der Waals surface area contributed by atoms with Crippen molar-refractivity contribution in [2.24, 2.45) is 4.99 Å². The molecule has 0 unspecified atom stereocenters. The van der Waals surface area contributed by atoms with E-state index in [1.807, 2.05) is 12.1 Å². The number of aromatic amines is 1. The number of aromatic nitrogens is 2. The minimum absolute atomic E-state index is 0.280. The van der Waals surface area contributed by atoms with Crippen molar-refractivity contribution in [3.05, 3.63) is 80.4 Å². The zero-order valence-electron chi connectivity index (χ0n) is 13.7. The third-order valence-electron chi connectivity index (χ3n) is 3.61. The summed E-state index contributed by atoms with van der Waals surface area (Å²) in [6.45, 7) is 1.72. The number of anilines is 1. The molecule has 2 aromatic carbocycles. The Morgan fingerprint density at radius 1 is 1.19 bits per heavy atom. The highest BCUT2D eigenvalue weighted by molar-refractivity contribution is 9.10. The van der Waals surface area contributed by atoms with Crippen LogP contribution < -0.4 is 10.9 Å². The molecule has 0 atom stereocenters. The molecule has 0 saturated heterocycles. The highest BCUT2D eigenvalue weighted by atomic mass is 79.9. The van der Waals surface area contributed by atoms with Crippen LogP contribution in [0, 0.1) is 12.7 Å². The number of halogens is 2. The summed E-state index contributed by atoms with van der Waals surface area (Å²) in [5, 5.41) is 5.45. The molecule has 6 nitrogen and oxygen atoms in total. The molecule has 8 heteroatoms. The highest BCUT2D eigenvalue weighted by Crippen LogP contribution is 2.13. The monoisotopic (exact) mass is 416 g/mol. The summed E-state index contributed by atoms with van der Waals surface area (Å²) < 4.78 is 15.1. The van der Waals surface area contributed by atoms with E-state index in [1.54, 1.807) is 19.1 Å². The number of urea groups is 1. The Balaban J connectivity index is 1.80. The van der Waals surface area contributed by atoms with Crippen molar-refractivity contribution < 1.29 is 9.18 Å². The van der Waals surface area contributed by atoms with E-state index in [4.69, 9.17) is 0 Å². The molecule has 0 aliphatic heterocycles. The minimum Gasteiger partial charge on any atom is -0.306 e. The zero-order valence-corrected chi connectivity index (χ0v) is 15.2. The number of hydrogen-bond acceptors (Lipinski definition) is 2. The first-order valence-electron chi connectivity index (χ1n) is 7.62. The van der Waals surface area contributed by atoms with Gasteiger partial charge in [-0.05, 0) is 55.5 Å². The van der Waals surface area contributed by atoms with Crippen LogP contribution in [0.5, 0.6) is 0 Å². The maximum Gasteiger partial charge on any atom is 0.345 e.